The van der Waals surface area contributed by atoms with Gasteiger partial charge in [0, 0.05) is 37.9 Å². The maximum atomic E-state index is 12.3. The number of ether oxygens (including phenoxy) is 3. The molecule has 23 heavy (non-hydrogen) atoms. The molecule has 1 atom stereocenters. The van der Waals surface area contributed by atoms with Crippen LogP contribution in [0.25, 0.3) is 0 Å². The van der Waals surface area contributed by atoms with Crippen molar-refractivity contribution >= 4 is 23.3 Å². The number of nitrogens with one attached hydrogen (secondary N) is 1. The summed E-state index contributed by atoms with van der Waals surface area (Å²) in [6.45, 7) is 0.977. The summed E-state index contributed by atoms with van der Waals surface area (Å²) in [4.78, 5) is 33.9. The number of carbonyl (C=O) groups is 2. The Morgan fingerprint density at radius 3 is 2.91 bits per heavy atom. The Morgan fingerprint density at radius 1 is 1.52 bits per heavy atom. The average Bonchev–Trinajstić information content (AvgIpc) is 2.92. The van der Waals surface area contributed by atoms with Gasteiger partial charge in [0.2, 0.25) is 6.10 Å². The summed E-state index contributed by atoms with van der Waals surface area (Å²) in [7, 11) is 1.53. The van der Waals surface area contributed by atoms with Crippen LogP contribution in [0, 0.1) is 10.1 Å². The zero-order valence-corrected chi connectivity index (χ0v) is 12.4. The third-order valence-corrected chi connectivity index (χ3v) is 3.19. The summed E-state index contributed by atoms with van der Waals surface area (Å²) in [6, 6.07) is 3.80. The summed E-state index contributed by atoms with van der Waals surface area (Å²) in [5.41, 5.74) is 0.0993. The van der Waals surface area contributed by atoms with Crippen LogP contribution in [0.4, 0.5) is 11.4 Å². The molecule has 1 heterocycles. The summed E-state index contributed by atoms with van der Waals surface area (Å²) >= 11 is 0. The lowest BCUT2D eigenvalue weighted by molar-refractivity contribution is -0.384. The molecule has 0 aliphatic carbocycles. The normalized spacial score (nSPS) is 16.7. The zero-order chi connectivity index (χ0) is 16.8. The monoisotopic (exact) mass is 324 g/mol. The van der Waals surface area contributed by atoms with Gasteiger partial charge in [-0.1, -0.05) is 0 Å². The van der Waals surface area contributed by atoms with Gasteiger partial charge in [0.15, 0.2) is 0 Å². The molecule has 9 nitrogen and oxygen atoms in total. The highest BCUT2D eigenvalue weighted by Gasteiger charge is 2.31. The molecule has 1 saturated heterocycles. The van der Waals surface area contributed by atoms with Gasteiger partial charge < -0.3 is 19.5 Å². The standard InChI is InChI=1S/C14H16N2O7/c1-21-7-5-15-11-3-2-9(16(19)20)8-10(11)13(17)23-12-4-6-22-14(12)18/h2-3,8,12,15H,4-7H2,1H3/t12-/m1/s1. The first-order chi connectivity index (χ1) is 11.0. The van der Waals surface area contributed by atoms with Crippen molar-refractivity contribution in [1.29, 1.82) is 0 Å². The minimum Gasteiger partial charge on any atom is -0.463 e. The largest absolute Gasteiger partial charge is 0.463 e. The fourth-order valence-corrected chi connectivity index (χ4v) is 2.03. The van der Waals surface area contributed by atoms with Gasteiger partial charge in [-0.2, -0.15) is 0 Å². The number of esters is 2. The molecule has 1 aliphatic heterocycles. The van der Waals surface area contributed by atoms with Crippen LogP contribution in [-0.2, 0) is 19.0 Å². The second-order valence-electron chi connectivity index (χ2n) is 4.76. The third kappa shape index (κ3) is 4.16. The van der Waals surface area contributed by atoms with E-state index >= 15 is 0 Å². The number of hydrogen-bond donors (Lipinski definition) is 1. The van der Waals surface area contributed by atoms with Crippen LogP contribution in [0.5, 0.6) is 0 Å². The molecule has 0 aromatic heterocycles. The predicted molar refractivity (Wildman–Crippen MR) is 78.2 cm³/mol. The fraction of sp³-hybridized carbons (Fsp3) is 0.429. The molecule has 0 radical (unpaired) electrons. The van der Waals surface area contributed by atoms with Gasteiger partial charge in [-0.15, -0.1) is 0 Å². The molecule has 1 aliphatic rings. The van der Waals surface area contributed by atoms with Crippen molar-refractivity contribution in [1.82, 2.24) is 0 Å². The molecule has 0 bridgehead atoms. The van der Waals surface area contributed by atoms with Gasteiger partial charge >= 0.3 is 11.9 Å². The van der Waals surface area contributed by atoms with Crippen molar-refractivity contribution in [2.75, 3.05) is 32.2 Å². The Bertz CT molecular complexity index is 617. The van der Waals surface area contributed by atoms with Crippen LogP contribution in [-0.4, -0.2) is 49.8 Å². The van der Waals surface area contributed by atoms with Crippen molar-refractivity contribution in [2.45, 2.75) is 12.5 Å². The lowest BCUT2D eigenvalue weighted by Gasteiger charge is -2.13. The van der Waals surface area contributed by atoms with Gasteiger partial charge in [-0.05, 0) is 6.07 Å². The summed E-state index contributed by atoms with van der Waals surface area (Å²) < 4.78 is 14.7. The number of non-ortho nitro benzene ring substituents is 1. The summed E-state index contributed by atoms with van der Waals surface area (Å²) in [6.07, 6.45) is -0.708. The van der Waals surface area contributed by atoms with Crippen molar-refractivity contribution in [3.8, 4) is 0 Å². The molecule has 0 saturated carbocycles. The molecule has 9 heteroatoms. The number of rotatable bonds is 7. The quantitative estimate of drug-likeness (QED) is 0.343. The average molecular weight is 324 g/mol. The highest BCUT2D eigenvalue weighted by molar-refractivity contribution is 5.97. The van der Waals surface area contributed by atoms with E-state index < -0.39 is 23.0 Å². The first kappa shape index (κ1) is 16.7. The maximum Gasteiger partial charge on any atom is 0.347 e. The van der Waals surface area contributed by atoms with E-state index in [1.807, 2.05) is 0 Å². The van der Waals surface area contributed by atoms with Crippen LogP contribution in [0.3, 0.4) is 0 Å². The molecular formula is C14H16N2O7. The maximum absolute atomic E-state index is 12.3. The van der Waals surface area contributed by atoms with E-state index in [0.717, 1.165) is 6.07 Å². The van der Waals surface area contributed by atoms with E-state index in [9.17, 15) is 19.7 Å². The molecule has 0 spiro atoms. The molecule has 1 aromatic carbocycles. The molecule has 124 valence electrons. The summed E-state index contributed by atoms with van der Waals surface area (Å²) in [5, 5.41) is 13.8. The number of nitrogens with zero attached hydrogens (tertiary/aromatic N) is 1. The van der Waals surface area contributed by atoms with Crippen molar-refractivity contribution in [2.24, 2.45) is 0 Å². The highest BCUT2D eigenvalue weighted by Crippen LogP contribution is 2.24. The molecule has 1 N–H and O–H groups in total. The zero-order valence-electron chi connectivity index (χ0n) is 12.4. The number of anilines is 1. The first-order valence-corrected chi connectivity index (χ1v) is 6.92. The molecule has 0 amide bonds. The fourth-order valence-electron chi connectivity index (χ4n) is 2.03. The number of methoxy groups -OCH3 is 1. The number of nitro groups is 1. The van der Waals surface area contributed by atoms with Gasteiger partial charge in [0.1, 0.15) is 0 Å². The van der Waals surface area contributed by atoms with Crippen LogP contribution < -0.4 is 5.32 Å². The minimum absolute atomic E-state index is 0.0185. The van der Waals surface area contributed by atoms with Crippen LogP contribution >= 0.6 is 0 Å². The van der Waals surface area contributed by atoms with E-state index in [-0.39, 0.29) is 24.3 Å². The van der Waals surface area contributed by atoms with Gasteiger partial charge in [0.25, 0.3) is 5.69 Å². The molecule has 0 unspecified atom stereocenters. The van der Waals surface area contributed by atoms with Gasteiger partial charge in [-0.25, -0.2) is 9.59 Å². The van der Waals surface area contributed by atoms with Gasteiger partial charge in [0.05, 0.1) is 23.7 Å². The van der Waals surface area contributed by atoms with Gasteiger partial charge in [-0.3, -0.25) is 10.1 Å². The van der Waals surface area contributed by atoms with E-state index in [1.54, 1.807) is 0 Å². The first-order valence-electron chi connectivity index (χ1n) is 6.92. The Kier molecular flexibility index (Phi) is 5.47. The van der Waals surface area contributed by atoms with E-state index in [4.69, 9.17) is 14.2 Å². The predicted octanol–water partition coefficient (Wildman–Crippen LogP) is 1.13. The van der Waals surface area contributed by atoms with Crippen molar-refractivity contribution in [3.05, 3.63) is 33.9 Å². The number of nitro benzene ring substituents is 1. The Morgan fingerprint density at radius 2 is 2.30 bits per heavy atom. The number of hydrogen-bond acceptors (Lipinski definition) is 8. The lowest BCUT2D eigenvalue weighted by atomic mass is 10.1. The molecule has 1 aromatic rings. The van der Waals surface area contributed by atoms with Crippen molar-refractivity contribution < 1.29 is 28.7 Å². The van der Waals surface area contributed by atoms with Crippen LogP contribution in [0.15, 0.2) is 18.2 Å². The highest BCUT2D eigenvalue weighted by atomic mass is 16.6. The van der Waals surface area contributed by atoms with E-state index in [1.165, 1.54) is 19.2 Å². The van der Waals surface area contributed by atoms with E-state index in [0.29, 0.717) is 18.8 Å². The molecule has 2 rings (SSSR count). The Hall–Kier alpha value is -2.68. The Labute approximate surface area is 131 Å². The van der Waals surface area contributed by atoms with Crippen LogP contribution in [0.2, 0.25) is 0 Å². The van der Waals surface area contributed by atoms with E-state index in [2.05, 4.69) is 5.32 Å². The van der Waals surface area contributed by atoms with Crippen molar-refractivity contribution in [3.63, 3.8) is 0 Å². The number of cyclic esters (lactones) is 1. The molecule has 1 fully saturated rings. The molecular weight excluding hydrogens is 308 g/mol. The number of carbonyl (C=O) groups excluding carboxylic acids is 2. The second-order valence-corrected chi connectivity index (χ2v) is 4.76. The van der Waals surface area contributed by atoms with Crippen LogP contribution in [0.1, 0.15) is 16.8 Å². The summed E-state index contributed by atoms with van der Waals surface area (Å²) in [5.74, 6) is -1.44. The minimum atomic E-state index is -0.978. The SMILES string of the molecule is COCCNc1ccc([N+](=O)[O-])cc1C(=O)O[C@@H]1CCOC1=O. The smallest absolute Gasteiger partial charge is 0.347 e. The topological polar surface area (TPSA) is 117 Å². The second kappa shape index (κ2) is 7.54. The third-order valence-electron chi connectivity index (χ3n) is 3.19. The Balaban J connectivity index is 2.20. The lowest BCUT2D eigenvalue weighted by Crippen LogP contribution is -2.23. The number of benzene rings is 1.